The van der Waals surface area contributed by atoms with Crippen molar-refractivity contribution in [3.8, 4) is 0 Å². The fraction of sp³-hybridized carbons (Fsp3) is 0.143. The topological polar surface area (TPSA) is 74.8 Å². The first kappa shape index (κ1) is 24.4. The summed E-state index contributed by atoms with van der Waals surface area (Å²) in [6, 6.07) is 30.3. The average molecular weight is 519 g/mol. The fourth-order valence-corrected chi connectivity index (χ4v) is 7.61. The van der Waals surface area contributed by atoms with E-state index in [0.29, 0.717) is 0 Å². The molecule has 0 aromatic heterocycles. The molecule has 6 nitrogen and oxygen atoms in total. The molecule has 5 rings (SSSR count). The van der Waals surface area contributed by atoms with Gasteiger partial charge in [-0.25, -0.2) is 16.8 Å². The van der Waals surface area contributed by atoms with Crippen LogP contribution in [0.2, 0.25) is 0 Å². The Morgan fingerprint density at radius 2 is 0.694 bits per heavy atom. The lowest BCUT2D eigenvalue weighted by Crippen LogP contribution is -2.40. The number of sulfonamides is 2. The summed E-state index contributed by atoms with van der Waals surface area (Å²) in [6.07, 6.45) is 0. The second kappa shape index (κ2) is 9.29. The highest BCUT2D eigenvalue weighted by atomic mass is 32.2. The normalized spacial score (nSPS) is 17.6. The Balaban J connectivity index is 1.68. The minimum atomic E-state index is -3.83. The van der Waals surface area contributed by atoms with Crippen molar-refractivity contribution in [3.05, 3.63) is 131 Å². The zero-order chi connectivity index (χ0) is 25.5. The fourth-order valence-electron chi connectivity index (χ4n) is 4.93. The molecule has 0 N–H and O–H groups in total. The van der Waals surface area contributed by atoms with E-state index in [4.69, 9.17) is 0 Å². The molecule has 0 spiro atoms. The second-order valence-corrected chi connectivity index (χ2v) is 12.7. The lowest BCUT2D eigenvalue weighted by atomic mass is 9.79. The predicted octanol–water partition coefficient (Wildman–Crippen LogP) is 4.82. The van der Waals surface area contributed by atoms with Crippen molar-refractivity contribution in [2.45, 2.75) is 21.9 Å². The minimum absolute atomic E-state index is 0.202. The number of hydrogen-bond acceptors (Lipinski definition) is 4. The number of rotatable bonds is 6. The van der Waals surface area contributed by atoms with Gasteiger partial charge in [0, 0.05) is 14.1 Å². The third-order valence-electron chi connectivity index (χ3n) is 6.74. The van der Waals surface area contributed by atoms with Gasteiger partial charge in [0.2, 0.25) is 20.0 Å². The van der Waals surface area contributed by atoms with E-state index in [1.54, 1.807) is 74.8 Å². The Labute approximate surface area is 212 Å². The molecule has 4 aromatic rings. The Hall–Kier alpha value is -3.30. The SMILES string of the molecule is CN(C1c2ccccc2C(N(C)S(=O)(=O)c2ccccc2)c2ccccc21)S(=O)(=O)c1ccccc1. The van der Waals surface area contributed by atoms with Gasteiger partial charge < -0.3 is 0 Å². The molecule has 36 heavy (non-hydrogen) atoms. The lowest BCUT2D eigenvalue weighted by molar-refractivity contribution is 0.370. The molecular weight excluding hydrogens is 492 g/mol. The smallest absolute Gasteiger partial charge is 0.207 e. The van der Waals surface area contributed by atoms with Gasteiger partial charge in [-0.1, -0.05) is 84.9 Å². The monoisotopic (exact) mass is 518 g/mol. The van der Waals surface area contributed by atoms with Gasteiger partial charge in [-0.05, 0) is 46.5 Å². The molecule has 0 heterocycles. The van der Waals surface area contributed by atoms with Crippen molar-refractivity contribution in [1.82, 2.24) is 8.61 Å². The van der Waals surface area contributed by atoms with Gasteiger partial charge in [0.15, 0.2) is 0 Å². The molecule has 0 radical (unpaired) electrons. The summed E-state index contributed by atoms with van der Waals surface area (Å²) in [7, 11) is -4.51. The van der Waals surface area contributed by atoms with Gasteiger partial charge in [-0.15, -0.1) is 0 Å². The Bertz CT molecular complexity index is 1440. The van der Waals surface area contributed by atoms with Crippen LogP contribution in [-0.2, 0) is 20.0 Å². The van der Waals surface area contributed by atoms with Gasteiger partial charge in [0.05, 0.1) is 21.9 Å². The van der Waals surface area contributed by atoms with Crippen molar-refractivity contribution in [2.24, 2.45) is 0 Å². The number of benzene rings is 4. The average Bonchev–Trinajstić information content (AvgIpc) is 2.91. The highest BCUT2D eigenvalue weighted by Crippen LogP contribution is 2.47. The van der Waals surface area contributed by atoms with Crippen LogP contribution in [0.3, 0.4) is 0 Å². The molecule has 0 saturated heterocycles. The molecule has 0 saturated carbocycles. The first-order valence-corrected chi connectivity index (χ1v) is 14.4. The molecule has 0 aliphatic heterocycles. The van der Waals surface area contributed by atoms with Gasteiger partial charge in [-0.2, -0.15) is 8.61 Å². The summed E-state index contributed by atoms with van der Waals surface area (Å²) in [5, 5.41) is 0. The molecule has 4 aromatic carbocycles. The Kier molecular flexibility index (Phi) is 6.30. The summed E-state index contributed by atoms with van der Waals surface area (Å²) in [4.78, 5) is 0.404. The van der Waals surface area contributed by atoms with Gasteiger partial charge in [0.25, 0.3) is 0 Å². The van der Waals surface area contributed by atoms with Crippen LogP contribution in [0.15, 0.2) is 119 Å². The van der Waals surface area contributed by atoms with Gasteiger partial charge in [-0.3, -0.25) is 0 Å². The van der Waals surface area contributed by atoms with Gasteiger partial charge >= 0.3 is 0 Å². The number of nitrogens with zero attached hydrogens (tertiary/aromatic N) is 2. The lowest BCUT2D eigenvalue weighted by Gasteiger charge is -2.40. The minimum Gasteiger partial charge on any atom is -0.207 e. The largest absolute Gasteiger partial charge is 0.243 e. The van der Waals surface area contributed by atoms with E-state index in [2.05, 4.69) is 0 Å². The molecule has 0 unspecified atom stereocenters. The summed E-state index contributed by atoms with van der Waals surface area (Å²) < 4.78 is 57.3. The second-order valence-electron chi connectivity index (χ2n) is 8.73. The molecule has 0 atom stereocenters. The molecule has 0 fully saturated rings. The third-order valence-corrected chi connectivity index (χ3v) is 10.4. The van der Waals surface area contributed by atoms with E-state index in [1.165, 1.54) is 8.61 Å². The molecule has 8 heteroatoms. The molecular formula is C28H26N2O4S2. The van der Waals surface area contributed by atoms with E-state index in [0.717, 1.165) is 22.3 Å². The van der Waals surface area contributed by atoms with Crippen LogP contribution in [0.25, 0.3) is 0 Å². The van der Waals surface area contributed by atoms with Crippen molar-refractivity contribution >= 4 is 20.0 Å². The summed E-state index contributed by atoms with van der Waals surface area (Å²) >= 11 is 0. The van der Waals surface area contributed by atoms with Crippen molar-refractivity contribution in [2.75, 3.05) is 14.1 Å². The highest BCUT2D eigenvalue weighted by molar-refractivity contribution is 7.89. The first-order chi connectivity index (χ1) is 17.2. The summed E-state index contributed by atoms with van der Waals surface area (Å²) in [6.45, 7) is 0. The number of hydrogen-bond donors (Lipinski definition) is 0. The van der Waals surface area contributed by atoms with Crippen LogP contribution in [0.1, 0.15) is 34.3 Å². The van der Waals surface area contributed by atoms with E-state index >= 15 is 0 Å². The van der Waals surface area contributed by atoms with E-state index in [-0.39, 0.29) is 9.79 Å². The molecule has 0 amide bonds. The first-order valence-electron chi connectivity index (χ1n) is 11.5. The van der Waals surface area contributed by atoms with Crippen LogP contribution in [0, 0.1) is 0 Å². The zero-order valence-electron chi connectivity index (χ0n) is 19.9. The standard InChI is InChI=1S/C28H26N2O4S2/c1-29(35(31,32)21-13-5-3-6-14-21)27-23-17-9-11-19-25(23)28(26-20-12-10-18-24(26)27)30(2)36(33,34)22-15-7-4-8-16-22/h3-20,27-28H,1-2H3. The highest BCUT2D eigenvalue weighted by Gasteiger charge is 2.42. The van der Waals surface area contributed by atoms with E-state index in [1.807, 2.05) is 48.5 Å². The Morgan fingerprint density at radius 1 is 0.444 bits per heavy atom. The maximum Gasteiger partial charge on any atom is 0.243 e. The number of fused-ring (bicyclic) bond motifs is 2. The van der Waals surface area contributed by atoms with Crippen LogP contribution in [0.5, 0.6) is 0 Å². The molecule has 184 valence electrons. The quantitative estimate of drug-likeness (QED) is 0.367. The van der Waals surface area contributed by atoms with E-state index in [9.17, 15) is 16.8 Å². The molecule has 1 aliphatic rings. The van der Waals surface area contributed by atoms with Crippen molar-refractivity contribution < 1.29 is 16.8 Å². The van der Waals surface area contributed by atoms with Crippen LogP contribution in [-0.4, -0.2) is 39.5 Å². The summed E-state index contributed by atoms with van der Waals surface area (Å²) in [5.74, 6) is 0. The van der Waals surface area contributed by atoms with Gasteiger partial charge in [0.1, 0.15) is 0 Å². The van der Waals surface area contributed by atoms with Crippen molar-refractivity contribution in [3.63, 3.8) is 0 Å². The summed E-state index contributed by atoms with van der Waals surface area (Å²) in [5.41, 5.74) is 2.99. The van der Waals surface area contributed by atoms with Crippen LogP contribution in [0.4, 0.5) is 0 Å². The zero-order valence-corrected chi connectivity index (χ0v) is 21.5. The maximum atomic E-state index is 13.6. The third kappa shape index (κ3) is 3.96. The maximum absolute atomic E-state index is 13.6. The molecule has 1 aliphatic carbocycles. The van der Waals surface area contributed by atoms with Crippen LogP contribution >= 0.6 is 0 Å². The van der Waals surface area contributed by atoms with E-state index < -0.39 is 32.1 Å². The Morgan fingerprint density at radius 3 is 0.972 bits per heavy atom. The van der Waals surface area contributed by atoms with Crippen LogP contribution < -0.4 is 0 Å². The molecule has 0 bridgehead atoms. The van der Waals surface area contributed by atoms with Crippen molar-refractivity contribution in [1.29, 1.82) is 0 Å². The predicted molar refractivity (Wildman–Crippen MR) is 139 cm³/mol.